The minimum Gasteiger partial charge on any atom is -0.352 e. The Hall–Kier alpha value is -1.40. The number of carbonyl (C=O) groups is 1. The van der Waals surface area contributed by atoms with Crippen LogP contribution in [0.25, 0.3) is 0 Å². The highest BCUT2D eigenvalue weighted by Crippen LogP contribution is 2.13. The van der Waals surface area contributed by atoms with Gasteiger partial charge in [-0.2, -0.15) is 0 Å². The van der Waals surface area contributed by atoms with E-state index < -0.39 is 10.0 Å². The van der Waals surface area contributed by atoms with Crippen molar-refractivity contribution in [1.82, 2.24) is 10.0 Å². The summed E-state index contributed by atoms with van der Waals surface area (Å²) in [5.74, 6) is 5.39. The molecule has 0 aromatic carbocycles. The molecule has 0 aliphatic carbocycles. The highest BCUT2D eigenvalue weighted by Gasteiger charge is 2.07. The predicted molar refractivity (Wildman–Crippen MR) is 80.0 cm³/mol. The van der Waals surface area contributed by atoms with E-state index in [0.717, 1.165) is 11.1 Å². The third-order valence-electron chi connectivity index (χ3n) is 2.18. The second kappa shape index (κ2) is 8.01. The Morgan fingerprint density at radius 2 is 2.20 bits per heavy atom. The first kappa shape index (κ1) is 16.7. The Morgan fingerprint density at radius 3 is 2.85 bits per heavy atom. The average Bonchev–Trinajstić information content (AvgIpc) is 2.83. The van der Waals surface area contributed by atoms with E-state index in [0.29, 0.717) is 25.1 Å². The third kappa shape index (κ3) is 6.68. The molecule has 0 fully saturated rings. The zero-order valence-electron chi connectivity index (χ0n) is 11.1. The minimum absolute atomic E-state index is 0.193. The highest BCUT2D eigenvalue weighted by atomic mass is 32.2. The standard InChI is InChI=1S/C12H17N3O3S2/c1-20(17,18)15-7-3-6-14-12(16)10-8-11(19-9-10)4-2-5-13/h8-9,15H,3,5-7,13H2,1H3,(H,14,16). The zero-order valence-corrected chi connectivity index (χ0v) is 12.7. The summed E-state index contributed by atoms with van der Waals surface area (Å²) in [6.45, 7) is 0.990. The molecule has 0 saturated heterocycles. The molecule has 8 heteroatoms. The van der Waals surface area contributed by atoms with Gasteiger partial charge in [0.25, 0.3) is 5.91 Å². The molecule has 0 radical (unpaired) electrons. The van der Waals surface area contributed by atoms with Crippen LogP contribution in [-0.2, 0) is 10.0 Å². The van der Waals surface area contributed by atoms with Crippen LogP contribution in [-0.4, -0.2) is 40.2 Å². The van der Waals surface area contributed by atoms with Crippen molar-refractivity contribution in [1.29, 1.82) is 0 Å². The Kier molecular flexibility index (Phi) is 6.67. The first-order chi connectivity index (χ1) is 9.42. The van der Waals surface area contributed by atoms with Gasteiger partial charge in [0.15, 0.2) is 0 Å². The topological polar surface area (TPSA) is 101 Å². The molecule has 20 heavy (non-hydrogen) atoms. The maximum atomic E-state index is 11.8. The van der Waals surface area contributed by atoms with Crippen molar-refractivity contribution >= 4 is 27.3 Å². The lowest BCUT2D eigenvalue weighted by Gasteiger charge is -2.04. The summed E-state index contributed by atoms with van der Waals surface area (Å²) in [5, 5.41) is 4.44. The summed E-state index contributed by atoms with van der Waals surface area (Å²) in [6.07, 6.45) is 1.63. The number of nitrogens with one attached hydrogen (secondary N) is 2. The van der Waals surface area contributed by atoms with Crippen molar-refractivity contribution in [3.05, 3.63) is 21.9 Å². The van der Waals surface area contributed by atoms with Crippen molar-refractivity contribution in [3.63, 3.8) is 0 Å². The van der Waals surface area contributed by atoms with Gasteiger partial charge < -0.3 is 11.1 Å². The SMILES string of the molecule is CS(=O)(=O)NCCCNC(=O)c1csc(C#CCN)c1. The number of carbonyl (C=O) groups excluding carboxylic acids is 1. The lowest BCUT2D eigenvalue weighted by molar-refractivity contribution is 0.0954. The highest BCUT2D eigenvalue weighted by molar-refractivity contribution is 7.88. The van der Waals surface area contributed by atoms with Gasteiger partial charge in [0.2, 0.25) is 10.0 Å². The molecule has 0 bridgehead atoms. The molecule has 1 aromatic heterocycles. The fourth-order valence-electron chi connectivity index (χ4n) is 1.31. The summed E-state index contributed by atoms with van der Waals surface area (Å²) >= 11 is 1.38. The number of hydrogen-bond acceptors (Lipinski definition) is 5. The maximum Gasteiger partial charge on any atom is 0.252 e. The fraction of sp³-hybridized carbons (Fsp3) is 0.417. The number of sulfonamides is 1. The quantitative estimate of drug-likeness (QED) is 0.497. The van der Waals surface area contributed by atoms with Crippen LogP contribution in [0.1, 0.15) is 21.7 Å². The van der Waals surface area contributed by atoms with Crippen LogP contribution < -0.4 is 15.8 Å². The number of nitrogens with two attached hydrogens (primary N) is 1. The summed E-state index contributed by atoms with van der Waals surface area (Å²) < 4.78 is 24.0. The van der Waals surface area contributed by atoms with Gasteiger partial charge in [0.1, 0.15) is 0 Å². The Morgan fingerprint density at radius 1 is 1.45 bits per heavy atom. The van der Waals surface area contributed by atoms with Crippen molar-refractivity contribution < 1.29 is 13.2 Å². The van der Waals surface area contributed by atoms with E-state index in [1.165, 1.54) is 11.3 Å². The third-order valence-corrected chi connectivity index (χ3v) is 3.75. The lowest BCUT2D eigenvalue weighted by Crippen LogP contribution is -2.29. The number of hydrogen-bond donors (Lipinski definition) is 3. The average molecular weight is 315 g/mol. The Balaban J connectivity index is 2.34. The van der Waals surface area contributed by atoms with E-state index in [1.807, 2.05) is 0 Å². The van der Waals surface area contributed by atoms with Gasteiger partial charge >= 0.3 is 0 Å². The lowest BCUT2D eigenvalue weighted by atomic mass is 10.3. The van der Waals surface area contributed by atoms with Gasteiger partial charge in [0, 0.05) is 18.5 Å². The molecule has 0 saturated carbocycles. The van der Waals surface area contributed by atoms with Crippen LogP contribution in [0.5, 0.6) is 0 Å². The van der Waals surface area contributed by atoms with Gasteiger partial charge in [0.05, 0.1) is 23.2 Å². The van der Waals surface area contributed by atoms with Crippen LogP contribution in [0.2, 0.25) is 0 Å². The monoisotopic (exact) mass is 315 g/mol. The Bertz CT molecular complexity index is 611. The van der Waals surface area contributed by atoms with Crippen LogP contribution in [0.3, 0.4) is 0 Å². The molecular weight excluding hydrogens is 298 g/mol. The van der Waals surface area contributed by atoms with Crippen molar-refractivity contribution in [3.8, 4) is 11.8 Å². The summed E-state index contributed by atoms with van der Waals surface area (Å²) in [5.41, 5.74) is 5.82. The second-order valence-corrected chi connectivity index (χ2v) is 6.73. The van der Waals surface area contributed by atoms with Crippen molar-refractivity contribution in [2.75, 3.05) is 25.9 Å². The molecule has 1 rings (SSSR count). The molecule has 4 N–H and O–H groups in total. The van der Waals surface area contributed by atoms with E-state index in [9.17, 15) is 13.2 Å². The number of amides is 1. The van der Waals surface area contributed by atoms with E-state index >= 15 is 0 Å². The summed E-state index contributed by atoms with van der Waals surface area (Å²) in [6, 6.07) is 1.71. The molecule has 6 nitrogen and oxygen atoms in total. The van der Waals surface area contributed by atoms with E-state index in [1.54, 1.807) is 11.4 Å². The molecule has 0 aliphatic rings. The molecule has 1 aromatic rings. The molecule has 0 aliphatic heterocycles. The van der Waals surface area contributed by atoms with Gasteiger partial charge in [-0.25, -0.2) is 13.1 Å². The summed E-state index contributed by atoms with van der Waals surface area (Å²) in [7, 11) is -3.17. The number of thiophene rings is 1. The molecule has 0 atom stereocenters. The van der Waals surface area contributed by atoms with E-state index in [-0.39, 0.29) is 12.5 Å². The molecular formula is C12H17N3O3S2. The van der Waals surface area contributed by atoms with Gasteiger partial charge in [-0.1, -0.05) is 11.8 Å². The maximum absolute atomic E-state index is 11.8. The van der Waals surface area contributed by atoms with Gasteiger partial charge in [-0.15, -0.1) is 11.3 Å². The first-order valence-corrected chi connectivity index (χ1v) is 8.70. The molecule has 0 unspecified atom stereocenters. The second-order valence-electron chi connectivity index (χ2n) is 3.98. The largest absolute Gasteiger partial charge is 0.352 e. The van der Waals surface area contributed by atoms with Crippen molar-refractivity contribution in [2.24, 2.45) is 5.73 Å². The van der Waals surface area contributed by atoms with Crippen LogP contribution >= 0.6 is 11.3 Å². The normalized spacial score (nSPS) is 10.7. The smallest absolute Gasteiger partial charge is 0.252 e. The van der Waals surface area contributed by atoms with Crippen molar-refractivity contribution in [2.45, 2.75) is 6.42 Å². The molecule has 0 spiro atoms. The van der Waals surface area contributed by atoms with Crippen LogP contribution in [0.4, 0.5) is 0 Å². The molecule has 110 valence electrons. The fourth-order valence-corrected chi connectivity index (χ4v) is 2.58. The summed E-state index contributed by atoms with van der Waals surface area (Å²) in [4.78, 5) is 12.6. The van der Waals surface area contributed by atoms with Gasteiger partial charge in [-0.05, 0) is 12.5 Å². The predicted octanol–water partition coefficient (Wildman–Crippen LogP) is -0.273. The molecule has 1 heterocycles. The number of rotatable bonds is 6. The van der Waals surface area contributed by atoms with Crippen LogP contribution in [0, 0.1) is 11.8 Å². The Labute approximate surface area is 122 Å². The zero-order chi connectivity index (χ0) is 15.0. The molecule has 1 amide bonds. The van der Waals surface area contributed by atoms with E-state index in [4.69, 9.17) is 5.73 Å². The van der Waals surface area contributed by atoms with Gasteiger partial charge in [-0.3, -0.25) is 4.79 Å². The van der Waals surface area contributed by atoms with Crippen LogP contribution in [0.15, 0.2) is 11.4 Å². The first-order valence-electron chi connectivity index (χ1n) is 5.92. The minimum atomic E-state index is -3.17. The van der Waals surface area contributed by atoms with E-state index in [2.05, 4.69) is 21.9 Å².